The monoisotopic (exact) mass is 663 g/mol. The van der Waals surface area contributed by atoms with E-state index in [1.165, 1.54) is 0 Å². The Hall–Kier alpha value is -7.61. The van der Waals surface area contributed by atoms with Gasteiger partial charge in [-0.25, -0.2) is 24.6 Å². The molecule has 0 amide bonds. The van der Waals surface area contributed by atoms with Crippen molar-refractivity contribution in [2.24, 2.45) is 0 Å². The third-order valence-corrected chi connectivity index (χ3v) is 9.18. The summed E-state index contributed by atoms with van der Waals surface area (Å²) in [5.41, 5.74) is 8.73. The van der Waals surface area contributed by atoms with Crippen LogP contribution < -0.4 is 0 Å². The summed E-state index contributed by atoms with van der Waals surface area (Å²) in [6.45, 7) is 15.3. The van der Waals surface area contributed by atoms with Gasteiger partial charge in [0.2, 0.25) is 0 Å². The number of benzene rings is 6. The summed E-state index contributed by atoms with van der Waals surface area (Å²) in [6.07, 6.45) is 3.60. The molecule has 6 aromatic carbocycles. The smallest absolute Gasteiger partial charge is 0.177 e. The van der Waals surface area contributed by atoms with Gasteiger partial charge in [0.05, 0.1) is 24.2 Å². The van der Waals surface area contributed by atoms with Crippen LogP contribution in [-0.2, 0) is 0 Å². The number of nitrogens with zero attached hydrogens (tertiary/aromatic N) is 7. The molecule has 0 spiro atoms. The van der Waals surface area contributed by atoms with Gasteiger partial charge in [-0.05, 0) is 52.2 Å². The van der Waals surface area contributed by atoms with Crippen molar-refractivity contribution >= 4 is 44.0 Å². The Kier molecular flexibility index (Phi) is 7.43. The maximum atomic E-state index is 7.64. The minimum Gasteiger partial charge on any atom is -0.256 e. The van der Waals surface area contributed by atoms with Gasteiger partial charge < -0.3 is 0 Å². The fourth-order valence-corrected chi connectivity index (χ4v) is 6.78. The molecule has 3 heterocycles. The van der Waals surface area contributed by atoms with Crippen LogP contribution in [0, 0.1) is 13.1 Å². The van der Waals surface area contributed by atoms with Crippen LogP contribution in [0.3, 0.4) is 0 Å². The predicted octanol–water partition coefficient (Wildman–Crippen LogP) is 11.6. The first-order chi connectivity index (χ1) is 25.7. The first-order valence-corrected chi connectivity index (χ1v) is 16.6. The van der Waals surface area contributed by atoms with Crippen LogP contribution in [0.5, 0.6) is 0 Å². The van der Waals surface area contributed by atoms with E-state index in [9.17, 15) is 0 Å². The van der Waals surface area contributed by atoms with Gasteiger partial charge in [-0.2, -0.15) is 0 Å². The molecule has 0 saturated heterocycles. The van der Waals surface area contributed by atoms with E-state index in [1.54, 1.807) is 12.3 Å². The molecule has 7 nitrogen and oxygen atoms in total. The van der Waals surface area contributed by atoms with Gasteiger partial charge in [-0.3, -0.25) is 9.97 Å². The van der Waals surface area contributed by atoms with E-state index in [1.807, 2.05) is 103 Å². The third-order valence-electron chi connectivity index (χ3n) is 9.18. The third kappa shape index (κ3) is 5.36. The van der Waals surface area contributed by atoms with Crippen LogP contribution >= 0.6 is 0 Å². The number of aromatic nitrogens is 5. The summed E-state index contributed by atoms with van der Waals surface area (Å²) >= 11 is 0. The van der Waals surface area contributed by atoms with Crippen LogP contribution in [0.1, 0.15) is 0 Å². The summed E-state index contributed by atoms with van der Waals surface area (Å²) in [4.78, 5) is 31.8. The standard InChI is InChI=1S/C45H25N7/c1-46-33-23-32(24-34(25-33)47-2)38-27-40-35-18-10-20-48-41(35)37(26-39(40)36-19-11-21-49-42(36)38)30-16-9-17-31(22-30)45-51-43(28-12-5-3-6-13-28)50-44(52-45)29-14-7-4-8-15-29/h3-27H. The Bertz CT molecular complexity index is 2840. The summed E-state index contributed by atoms with van der Waals surface area (Å²) in [6, 6.07) is 45.8. The van der Waals surface area contributed by atoms with Crippen molar-refractivity contribution in [2.45, 2.75) is 0 Å². The molecule has 0 aliphatic rings. The lowest BCUT2D eigenvalue weighted by Gasteiger charge is -2.16. The lowest BCUT2D eigenvalue weighted by atomic mass is 9.90. The SMILES string of the molecule is [C-]#[N+]c1cc([N+]#[C-])cc(-c2cc3c4cccnc4c(-c4cccc(-c5nc(-c6ccccc6)nc(-c6ccccc6)n5)c4)cc3c3cccnc23)c1. The summed E-state index contributed by atoms with van der Waals surface area (Å²) in [5.74, 6) is 1.79. The number of pyridine rings is 2. The highest BCUT2D eigenvalue weighted by molar-refractivity contribution is 6.22. The maximum absolute atomic E-state index is 7.64. The van der Waals surface area contributed by atoms with Crippen molar-refractivity contribution in [3.63, 3.8) is 0 Å². The van der Waals surface area contributed by atoms with Gasteiger partial charge in [-0.1, -0.05) is 109 Å². The molecule has 240 valence electrons. The van der Waals surface area contributed by atoms with Gasteiger partial charge in [0, 0.05) is 51.0 Å². The number of rotatable bonds is 5. The summed E-state index contributed by atoms with van der Waals surface area (Å²) in [7, 11) is 0. The maximum Gasteiger partial charge on any atom is 0.177 e. The van der Waals surface area contributed by atoms with Crippen LogP contribution in [0.4, 0.5) is 11.4 Å². The van der Waals surface area contributed by atoms with E-state index in [-0.39, 0.29) is 0 Å². The van der Waals surface area contributed by atoms with E-state index in [2.05, 4.69) is 46.1 Å². The average molecular weight is 664 g/mol. The van der Waals surface area contributed by atoms with Crippen LogP contribution in [0.25, 0.3) is 98.7 Å². The van der Waals surface area contributed by atoms with Crippen molar-refractivity contribution in [1.29, 1.82) is 0 Å². The normalized spacial score (nSPS) is 11.0. The molecular weight excluding hydrogens is 639 g/mol. The molecule has 0 atom stereocenters. The van der Waals surface area contributed by atoms with Gasteiger partial charge in [0.25, 0.3) is 0 Å². The Morgan fingerprint density at radius 3 is 1.35 bits per heavy atom. The lowest BCUT2D eigenvalue weighted by Crippen LogP contribution is -2.00. The zero-order valence-corrected chi connectivity index (χ0v) is 27.6. The number of hydrogen-bond acceptors (Lipinski definition) is 5. The molecule has 0 radical (unpaired) electrons. The van der Waals surface area contributed by atoms with Gasteiger partial charge in [-0.15, -0.1) is 0 Å². The van der Waals surface area contributed by atoms with Crippen molar-refractivity contribution in [3.05, 3.63) is 175 Å². The topological polar surface area (TPSA) is 73.2 Å². The molecule has 52 heavy (non-hydrogen) atoms. The minimum absolute atomic E-state index is 0.416. The Balaban J connectivity index is 1.26. The highest BCUT2D eigenvalue weighted by Crippen LogP contribution is 2.42. The summed E-state index contributed by atoms with van der Waals surface area (Å²) in [5, 5.41) is 3.98. The second kappa shape index (κ2) is 12.7. The molecular formula is C45H25N7. The summed E-state index contributed by atoms with van der Waals surface area (Å²) < 4.78 is 0. The van der Waals surface area contributed by atoms with E-state index in [0.717, 1.165) is 71.5 Å². The lowest BCUT2D eigenvalue weighted by molar-refractivity contribution is 1.07. The number of fused-ring (bicyclic) bond motifs is 5. The average Bonchev–Trinajstić information content (AvgIpc) is 3.23. The molecule has 0 unspecified atom stereocenters. The van der Waals surface area contributed by atoms with Crippen molar-refractivity contribution in [3.8, 4) is 56.4 Å². The molecule has 7 heteroatoms. The van der Waals surface area contributed by atoms with Crippen LogP contribution in [-0.4, -0.2) is 24.9 Å². The largest absolute Gasteiger partial charge is 0.256 e. The number of hydrogen-bond donors (Lipinski definition) is 0. The molecule has 0 N–H and O–H groups in total. The van der Waals surface area contributed by atoms with E-state index >= 15 is 0 Å². The van der Waals surface area contributed by atoms with Gasteiger partial charge in [0.15, 0.2) is 28.8 Å². The highest BCUT2D eigenvalue weighted by atomic mass is 15.0. The molecule has 0 aliphatic carbocycles. The van der Waals surface area contributed by atoms with Crippen molar-refractivity contribution in [2.75, 3.05) is 0 Å². The second-order valence-electron chi connectivity index (χ2n) is 12.3. The zero-order chi connectivity index (χ0) is 35.0. The quantitative estimate of drug-likeness (QED) is 0.135. The molecule has 0 saturated carbocycles. The first kappa shape index (κ1) is 30.4. The Morgan fingerprint density at radius 1 is 0.365 bits per heavy atom. The van der Waals surface area contributed by atoms with Crippen molar-refractivity contribution < 1.29 is 0 Å². The molecule has 3 aromatic heterocycles. The highest BCUT2D eigenvalue weighted by Gasteiger charge is 2.18. The van der Waals surface area contributed by atoms with Gasteiger partial charge in [0.1, 0.15) is 0 Å². The van der Waals surface area contributed by atoms with Crippen LogP contribution in [0.2, 0.25) is 0 Å². The molecule has 9 rings (SSSR count). The Labute approximate surface area is 299 Å². The fraction of sp³-hybridized carbons (Fsp3) is 0. The van der Waals surface area contributed by atoms with E-state index in [4.69, 9.17) is 38.1 Å². The first-order valence-electron chi connectivity index (χ1n) is 16.6. The van der Waals surface area contributed by atoms with Gasteiger partial charge >= 0.3 is 0 Å². The minimum atomic E-state index is 0.416. The molecule has 0 aliphatic heterocycles. The molecule has 0 fully saturated rings. The van der Waals surface area contributed by atoms with Crippen molar-refractivity contribution in [1.82, 2.24) is 24.9 Å². The van der Waals surface area contributed by atoms with Crippen LogP contribution in [0.15, 0.2) is 152 Å². The molecule has 9 aromatic rings. The fourth-order valence-electron chi connectivity index (χ4n) is 6.78. The van der Waals surface area contributed by atoms with E-state index < -0.39 is 0 Å². The van der Waals surface area contributed by atoms with E-state index in [0.29, 0.717) is 28.8 Å². The second-order valence-corrected chi connectivity index (χ2v) is 12.3. The zero-order valence-electron chi connectivity index (χ0n) is 27.6. The molecule has 0 bridgehead atoms. The predicted molar refractivity (Wildman–Crippen MR) is 208 cm³/mol. The Morgan fingerprint density at radius 2 is 0.827 bits per heavy atom.